The number of allylic oxidation sites excluding steroid dienone is 2. The summed E-state index contributed by atoms with van der Waals surface area (Å²) < 4.78 is 7.72. The molecule has 2 aromatic rings. The molecule has 0 bridgehead atoms. The van der Waals surface area contributed by atoms with Gasteiger partial charge in [0, 0.05) is 24.7 Å². The summed E-state index contributed by atoms with van der Waals surface area (Å²) >= 11 is 0. The van der Waals surface area contributed by atoms with E-state index in [1.54, 1.807) is 7.11 Å². The van der Waals surface area contributed by atoms with Crippen LogP contribution in [-0.2, 0) is 4.74 Å². The largest absolute Gasteiger partial charge is 0.500 e. The Kier molecular flexibility index (Phi) is 6.63. The SMILES string of the molecule is COC1=C(c2cc(C(=O)CCC/C=C3/Nc4ccc(C)cc4N3C)cc(C)n2)C=[N+](C)CC1. The van der Waals surface area contributed by atoms with Crippen LogP contribution >= 0.6 is 0 Å². The second-order valence-corrected chi connectivity index (χ2v) is 8.89. The number of anilines is 2. The quantitative estimate of drug-likeness (QED) is 0.372. The number of benzene rings is 1. The molecule has 2 aliphatic heterocycles. The fourth-order valence-electron chi connectivity index (χ4n) is 4.37. The normalized spacial score (nSPS) is 16.6. The number of ketones is 1. The third kappa shape index (κ3) is 5.00. The number of pyridine rings is 1. The molecule has 0 amide bonds. The molecule has 0 atom stereocenters. The Morgan fingerprint density at radius 1 is 1.27 bits per heavy atom. The summed E-state index contributed by atoms with van der Waals surface area (Å²) in [6.45, 7) is 4.95. The van der Waals surface area contributed by atoms with Gasteiger partial charge in [0.2, 0.25) is 0 Å². The van der Waals surface area contributed by atoms with Gasteiger partial charge in [0.05, 0.1) is 30.6 Å². The van der Waals surface area contributed by atoms with Crippen LogP contribution in [0.2, 0.25) is 0 Å². The van der Waals surface area contributed by atoms with Gasteiger partial charge in [0.15, 0.2) is 12.0 Å². The summed E-state index contributed by atoms with van der Waals surface area (Å²) in [7, 11) is 5.81. The summed E-state index contributed by atoms with van der Waals surface area (Å²) in [5.74, 6) is 2.14. The molecule has 6 nitrogen and oxygen atoms in total. The van der Waals surface area contributed by atoms with Crippen molar-refractivity contribution in [3.8, 4) is 0 Å². The predicted molar refractivity (Wildman–Crippen MR) is 134 cm³/mol. The lowest BCUT2D eigenvalue weighted by molar-refractivity contribution is -0.492. The van der Waals surface area contributed by atoms with Crippen LogP contribution in [0.25, 0.3) is 5.57 Å². The van der Waals surface area contributed by atoms with E-state index in [2.05, 4.69) is 64.2 Å². The van der Waals surface area contributed by atoms with Gasteiger partial charge in [-0.25, -0.2) is 4.58 Å². The summed E-state index contributed by atoms with van der Waals surface area (Å²) in [6.07, 6.45) is 7.19. The van der Waals surface area contributed by atoms with Crippen LogP contribution in [0.5, 0.6) is 0 Å². The van der Waals surface area contributed by atoms with E-state index in [9.17, 15) is 4.79 Å². The van der Waals surface area contributed by atoms with E-state index in [4.69, 9.17) is 4.74 Å². The number of Topliss-reactive ketones (excluding diaryl/α,β-unsaturated/α-hetero) is 1. The monoisotopic (exact) mass is 445 g/mol. The van der Waals surface area contributed by atoms with E-state index < -0.39 is 0 Å². The molecule has 0 spiro atoms. The minimum Gasteiger partial charge on any atom is -0.500 e. The van der Waals surface area contributed by atoms with Crippen molar-refractivity contribution in [3.05, 3.63) is 70.5 Å². The molecule has 0 saturated carbocycles. The molecule has 172 valence electrons. The first kappa shape index (κ1) is 22.8. The molecule has 3 heterocycles. The lowest BCUT2D eigenvalue weighted by Gasteiger charge is -2.15. The van der Waals surface area contributed by atoms with Crippen molar-refractivity contribution in [1.82, 2.24) is 4.98 Å². The van der Waals surface area contributed by atoms with Crippen LogP contribution in [0.4, 0.5) is 11.4 Å². The van der Waals surface area contributed by atoms with Crippen LogP contribution in [0.15, 0.2) is 48.0 Å². The predicted octanol–water partition coefficient (Wildman–Crippen LogP) is 4.93. The van der Waals surface area contributed by atoms with E-state index in [1.807, 2.05) is 26.1 Å². The number of nitrogens with one attached hydrogen (secondary N) is 1. The zero-order valence-electron chi connectivity index (χ0n) is 20.2. The fourth-order valence-corrected chi connectivity index (χ4v) is 4.37. The van der Waals surface area contributed by atoms with Crippen molar-refractivity contribution in [1.29, 1.82) is 0 Å². The Labute approximate surface area is 196 Å². The summed E-state index contributed by atoms with van der Waals surface area (Å²) in [5, 5.41) is 3.47. The topological polar surface area (TPSA) is 57.5 Å². The highest BCUT2D eigenvalue weighted by Crippen LogP contribution is 2.36. The molecule has 1 aromatic carbocycles. The number of carbonyl (C=O) groups is 1. The third-order valence-corrected chi connectivity index (χ3v) is 6.22. The van der Waals surface area contributed by atoms with Crippen LogP contribution in [0.3, 0.4) is 0 Å². The lowest BCUT2D eigenvalue weighted by atomic mass is 10.0. The number of nitrogens with zero attached hydrogens (tertiary/aromatic N) is 3. The van der Waals surface area contributed by atoms with Crippen molar-refractivity contribution in [2.75, 3.05) is 38.0 Å². The highest BCUT2D eigenvalue weighted by atomic mass is 16.5. The molecule has 0 aliphatic carbocycles. The smallest absolute Gasteiger partial charge is 0.176 e. The first-order chi connectivity index (χ1) is 15.9. The third-order valence-electron chi connectivity index (χ3n) is 6.22. The molecule has 2 aliphatic rings. The Balaban J connectivity index is 1.42. The molecule has 6 heteroatoms. The zero-order valence-corrected chi connectivity index (χ0v) is 20.2. The van der Waals surface area contributed by atoms with E-state index in [1.165, 1.54) is 11.3 Å². The summed E-state index contributed by atoms with van der Waals surface area (Å²) in [6, 6.07) is 10.2. The number of aryl methyl sites for hydroxylation is 2. The number of unbranched alkanes of at least 4 members (excludes halogenated alkanes) is 1. The van der Waals surface area contributed by atoms with E-state index in [0.717, 1.165) is 60.0 Å². The van der Waals surface area contributed by atoms with Gasteiger partial charge in [-0.15, -0.1) is 0 Å². The maximum atomic E-state index is 13.0. The summed E-state index contributed by atoms with van der Waals surface area (Å²) in [5.41, 5.74) is 6.87. The number of ether oxygens (including phenoxy) is 1. The molecule has 1 N–H and O–H groups in total. The van der Waals surface area contributed by atoms with E-state index in [-0.39, 0.29) is 5.78 Å². The average Bonchev–Trinajstić information content (AvgIpc) is 3.11. The van der Waals surface area contributed by atoms with Gasteiger partial charge in [-0.05, 0) is 62.6 Å². The molecule has 4 rings (SSSR count). The van der Waals surface area contributed by atoms with Gasteiger partial charge in [-0.3, -0.25) is 9.78 Å². The van der Waals surface area contributed by atoms with Gasteiger partial charge in [-0.1, -0.05) is 6.07 Å². The maximum absolute atomic E-state index is 13.0. The molecular formula is C27H33N4O2+. The van der Waals surface area contributed by atoms with Crippen molar-refractivity contribution in [2.24, 2.45) is 0 Å². The second kappa shape index (κ2) is 9.61. The van der Waals surface area contributed by atoms with Gasteiger partial charge >= 0.3 is 0 Å². The highest BCUT2D eigenvalue weighted by Gasteiger charge is 2.22. The van der Waals surface area contributed by atoms with Crippen molar-refractivity contribution < 1.29 is 14.1 Å². The Hall–Kier alpha value is -3.41. The molecule has 0 saturated heterocycles. The minimum absolute atomic E-state index is 0.149. The van der Waals surface area contributed by atoms with Gasteiger partial charge < -0.3 is 15.0 Å². The number of carbonyl (C=O) groups excluding carboxylic acids is 1. The van der Waals surface area contributed by atoms with Crippen LogP contribution in [-0.4, -0.2) is 49.3 Å². The molecule has 0 unspecified atom stereocenters. The average molecular weight is 446 g/mol. The Bertz CT molecular complexity index is 1180. The van der Waals surface area contributed by atoms with Crippen LogP contribution in [0.1, 0.15) is 53.0 Å². The van der Waals surface area contributed by atoms with E-state index >= 15 is 0 Å². The van der Waals surface area contributed by atoms with Crippen molar-refractivity contribution in [3.63, 3.8) is 0 Å². The molecule has 0 radical (unpaired) electrons. The van der Waals surface area contributed by atoms with Crippen LogP contribution in [0, 0.1) is 13.8 Å². The van der Waals surface area contributed by atoms with Gasteiger partial charge in [0.25, 0.3) is 0 Å². The molecule has 0 fully saturated rings. The number of hydrogen-bond acceptors (Lipinski definition) is 5. The Morgan fingerprint density at radius 3 is 2.88 bits per heavy atom. The Morgan fingerprint density at radius 2 is 2.09 bits per heavy atom. The standard InChI is InChI=1S/C27H33N4O2/c1-18-10-11-22-24(14-18)31(4)27(29-22)9-7-6-8-25(32)20-15-19(2)28-23(16-20)21-17-30(3)13-12-26(21)33-5/h9-11,14-17,29H,6-8,12-13H2,1-5H3/q+1/b27-9-. The number of methoxy groups -OCH3 is 1. The van der Waals surface area contributed by atoms with Gasteiger partial charge in [-0.2, -0.15) is 0 Å². The first-order valence-electron chi connectivity index (χ1n) is 11.5. The number of hydrogen-bond donors (Lipinski definition) is 1. The fraction of sp³-hybridized carbons (Fsp3) is 0.370. The summed E-state index contributed by atoms with van der Waals surface area (Å²) in [4.78, 5) is 19.8. The number of rotatable bonds is 7. The molecule has 1 aromatic heterocycles. The molecular weight excluding hydrogens is 412 g/mol. The van der Waals surface area contributed by atoms with Crippen molar-refractivity contribution >= 4 is 28.9 Å². The zero-order chi connectivity index (χ0) is 23.5. The highest BCUT2D eigenvalue weighted by molar-refractivity contribution is 6.08. The second-order valence-electron chi connectivity index (χ2n) is 8.89. The molecule has 33 heavy (non-hydrogen) atoms. The first-order valence-corrected chi connectivity index (χ1v) is 11.5. The minimum atomic E-state index is 0.149. The number of aromatic nitrogens is 1. The van der Waals surface area contributed by atoms with Crippen LogP contribution < -0.4 is 10.2 Å². The number of fused-ring (bicyclic) bond motifs is 1. The maximum Gasteiger partial charge on any atom is 0.176 e. The lowest BCUT2D eigenvalue weighted by Crippen LogP contribution is -2.18. The van der Waals surface area contributed by atoms with Crippen molar-refractivity contribution in [2.45, 2.75) is 39.5 Å². The van der Waals surface area contributed by atoms with E-state index in [0.29, 0.717) is 12.0 Å². The van der Waals surface area contributed by atoms with Gasteiger partial charge in [0.1, 0.15) is 30.7 Å².